The molecule has 0 saturated carbocycles. The molecule has 0 spiro atoms. The second-order valence-electron chi connectivity index (χ2n) is 8.29. The number of carbonyl (C=O) groups excluding carboxylic acids is 2. The van der Waals surface area contributed by atoms with Crippen LogP contribution in [0.2, 0.25) is 0 Å². The number of rotatable bonds is 6. The minimum absolute atomic E-state index is 0. The van der Waals surface area contributed by atoms with Crippen LogP contribution in [0, 0.1) is 11.6 Å². The molecule has 0 aliphatic heterocycles. The average Bonchev–Trinajstić information content (AvgIpc) is 3.48. The quantitative estimate of drug-likeness (QED) is 0.255. The molecule has 0 bridgehead atoms. The summed E-state index contributed by atoms with van der Waals surface area (Å²) in [4.78, 5) is 53.5. The minimum atomic E-state index is -5.34. The summed E-state index contributed by atoms with van der Waals surface area (Å²) in [7, 11) is 2.75. The summed E-state index contributed by atoms with van der Waals surface area (Å²) in [5.41, 5.74) is 1.25. The molecular weight excluding hydrogens is 621 g/mol. The molecule has 1 amide bonds. The van der Waals surface area contributed by atoms with Crippen molar-refractivity contribution in [1.29, 1.82) is 0 Å². The van der Waals surface area contributed by atoms with Crippen LogP contribution in [0.5, 0.6) is 0 Å². The predicted molar refractivity (Wildman–Crippen MR) is 142 cm³/mol. The van der Waals surface area contributed by atoms with Crippen LogP contribution in [0.1, 0.15) is 11.1 Å². The van der Waals surface area contributed by atoms with Gasteiger partial charge in [0.05, 0.1) is 24.0 Å². The highest BCUT2D eigenvalue weighted by Crippen LogP contribution is 2.37. The molecule has 0 fully saturated rings. The number of thiazole rings is 1. The maximum atomic E-state index is 14.9. The molecule has 220 valence electrons. The van der Waals surface area contributed by atoms with Crippen LogP contribution in [0.25, 0.3) is 21.5 Å². The third kappa shape index (κ3) is 6.02. The fourth-order valence-electron chi connectivity index (χ4n) is 3.83. The number of hydrogen-bond donors (Lipinski definition) is 1. The van der Waals surface area contributed by atoms with Gasteiger partial charge in [-0.25, -0.2) is 13.6 Å². The number of esters is 1. The number of carbonyl (C=O) groups is 2. The molecular formula is C23H19ClF5N5O5S2. The van der Waals surface area contributed by atoms with Gasteiger partial charge < -0.3 is 10.5 Å². The fraction of sp³-hybridized carbons (Fsp3) is 0.261. The lowest BCUT2D eigenvalue weighted by atomic mass is 10.1. The van der Waals surface area contributed by atoms with Crippen molar-refractivity contribution in [2.24, 2.45) is 24.8 Å². The van der Waals surface area contributed by atoms with Gasteiger partial charge in [-0.1, -0.05) is 0 Å². The first kappa shape index (κ1) is 31.9. The predicted octanol–water partition coefficient (Wildman–Crippen LogP) is 2.68. The Bertz CT molecular complexity index is 1850. The van der Waals surface area contributed by atoms with Crippen molar-refractivity contribution in [3.8, 4) is 11.3 Å². The van der Waals surface area contributed by atoms with E-state index in [4.69, 9.17) is 10.5 Å². The molecule has 4 rings (SSSR count). The van der Waals surface area contributed by atoms with E-state index in [1.54, 1.807) is 0 Å². The van der Waals surface area contributed by atoms with E-state index in [0.717, 1.165) is 31.9 Å². The number of halogens is 6. The Kier molecular flexibility index (Phi) is 9.37. The Morgan fingerprint density at radius 3 is 2.39 bits per heavy atom. The van der Waals surface area contributed by atoms with E-state index in [0.29, 0.717) is 22.2 Å². The van der Waals surface area contributed by atoms with Gasteiger partial charge in [-0.15, -0.1) is 35.1 Å². The van der Waals surface area contributed by atoms with Gasteiger partial charge in [0.25, 0.3) is 11.5 Å². The normalized spacial score (nSPS) is 12.0. The molecule has 0 aliphatic rings. The number of benzene rings is 1. The van der Waals surface area contributed by atoms with Crippen molar-refractivity contribution in [3.63, 3.8) is 0 Å². The molecule has 0 unspecified atom stereocenters. The first-order valence-electron chi connectivity index (χ1n) is 11.1. The lowest BCUT2D eigenvalue weighted by molar-refractivity contribution is -0.145. The van der Waals surface area contributed by atoms with Crippen LogP contribution in [0.4, 0.5) is 22.0 Å². The molecule has 41 heavy (non-hydrogen) atoms. The van der Waals surface area contributed by atoms with Crippen molar-refractivity contribution >= 4 is 57.2 Å². The molecule has 0 aliphatic carbocycles. The molecule has 4 aromatic rings. The summed E-state index contributed by atoms with van der Waals surface area (Å²) in [6, 6.07) is 1.21. The Labute approximate surface area is 240 Å². The molecule has 0 saturated heterocycles. The summed E-state index contributed by atoms with van der Waals surface area (Å²) in [5, 5.41) is 2.81. The van der Waals surface area contributed by atoms with Gasteiger partial charge in [0.15, 0.2) is 11.5 Å². The summed E-state index contributed by atoms with van der Waals surface area (Å²) < 4.78 is 76.7. The molecule has 0 radical (unpaired) electrons. The first-order chi connectivity index (χ1) is 18.8. The number of thiophene rings is 1. The van der Waals surface area contributed by atoms with Gasteiger partial charge in [0.1, 0.15) is 22.0 Å². The van der Waals surface area contributed by atoms with Crippen molar-refractivity contribution in [1.82, 2.24) is 13.7 Å². The van der Waals surface area contributed by atoms with E-state index < -0.39 is 71.8 Å². The fourth-order valence-corrected chi connectivity index (χ4v) is 5.76. The van der Waals surface area contributed by atoms with Gasteiger partial charge in [-0.3, -0.25) is 28.1 Å². The smallest absolute Gasteiger partial charge is 0.422 e. The Morgan fingerprint density at radius 1 is 1.07 bits per heavy atom. The van der Waals surface area contributed by atoms with Crippen LogP contribution in [-0.2, 0) is 47.7 Å². The number of nitrogens with two attached hydrogens (primary N) is 1. The van der Waals surface area contributed by atoms with Crippen LogP contribution in [-0.4, -0.2) is 32.1 Å². The van der Waals surface area contributed by atoms with Crippen LogP contribution in [0.15, 0.2) is 37.5 Å². The van der Waals surface area contributed by atoms with Gasteiger partial charge >= 0.3 is 17.8 Å². The lowest BCUT2D eigenvalue weighted by Crippen LogP contribution is -2.36. The van der Waals surface area contributed by atoms with Gasteiger partial charge in [-0.2, -0.15) is 18.2 Å². The number of alkyl halides is 3. The van der Waals surface area contributed by atoms with Gasteiger partial charge in [0, 0.05) is 25.0 Å². The molecule has 2 N–H and O–H groups in total. The number of aromatic nitrogens is 3. The number of hydrogen-bond acceptors (Lipinski definition) is 8. The number of fused-ring (bicyclic) bond motifs is 1. The number of amides is 1. The van der Waals surface area contributed by atoms with Crippen LogP contribution < -0.4 is 21.8 Å². The van der Waals surface area contributed by atoms with Gasteiger partial charge in [0.2, 0.25) is 0 Å². The summed E-state index contributed by atoms with van der Waals surface area (Å²) >= 11 is 1.78. The maximum Gasteiger partial charge on any atom is 0.422 e. The summed E-state index contributed by atoms with van der Waals surface area (Å²) in [6.45, 7) is -1.25. The molecule has 0 atom stereocenters. The highest BCUT2D eigenvalue weighted by Gasteiger charge is 2.39. The Morgan fingerprint density at radius 2 is 1.76 bits per heavy atom. The maximum absolute atomic E-state index is 14.9. The average molecular weight is 640 g/mol. The molecule has 3 heterocycles. The van der Waals surface area contributed by atoms with Crippen molar-refractivity contribution in [2.45, 2.75) is 19.3 Å². The zero-order chi connectivity index (χ0) is 29.5. The lowest BCUT2D eigenvalue weighted by Gasteiger charge is -2.14. The first-order valence-corrected chi connectivity index (χ1v) is 12.8. The third-order valence-electron chi connectivity index (χ3n) is 5.78. The third-order valence-corrected chi connectivity index (χ3v) is 7.74. The SMILES string of the molecule is Cl.Cn1c(=O)c2c(CC(=O)N=c3scc(-c4ccc(F)c(C(F)(F)F)c4F)n3COC(=O)CN)csc2n(C)c1=O. The Hall–Kier alpha value is -3.67. The largest absolute Gasteiger partial charge is 0.443 e. The van der Waals surface area contributed by atoms with Crippen molar-refractivity contribution in [2.75, 3.05) is 6.54 Å². The van der Waals surface area contributed by atoms with Crippen molar-refractivity contribution < 1.29 is 36.3 Å². The van der Waals surface area contributed by atoms with Crippen LogP contribution >= 0.6 is 35.1 Å². The highest BCUT2D eigenvalue weighted by molar-refractivity contribution is 7.17. The molecule has 18 heteroatoms. The number of ether oxygens (including phenoxy) is 1. The van der Waals surface area contributed by atoms with E-state index in [9.17, 15) is 41.1 Å². The van der Waals surface area contributed by atoms with Crippen molar-refractivity contribution in [3.05, 3.63) is 71.3 Å². The molecule has 3 aromatic heterocycles. The minimum Gasteiger partial charge on any atom is -0.443 e. The monoisotopic (exact) mass is 639 g/mol. The van der Waals surface area contributed by atoms with Crippen LogP contribution in [0.3, 0.4) is 0 Å². The van der Waals surface area contributed by atoms with E-state index in [1.807, 2.05) is 0 Å². The zero-order valence-corrected chi connectivity index (χ0v) is 23.4. The highest BCUT2D eigenvalue weighted by atomic mass is 35.5. The number of nitrogens with zero attached hydrogens (tertiary/aromatic N) is 4. The summed E-state index contributed by atoms with van der Waals surface area (Å²) in [6.07, 6.45) is -5.74. The standard InChI is InChI=1S/C23H18F5N5O5S2.ClH/c1-31-19(36)16-10(7-39-20(16)32(2)22(31)37)5-14(34)30-21-33(9-38-15(35)6-29)13(8-40-21)11-3-4-12(24)17(18(11)25)23(26,27)28;/h3-4,7-8H,5-6,9,29H2,1-2H3;1H. The topological polar surface area (TPSA) is 131 Å². The van der Waals surface area contributed by atoms with Gasteiger partial charge in [-0.05, 0) is 23.1 Å². The van der Waals surface area contributed by atoms with E-state index in [1.165, 1.54) is 24.0 Å². The zero-order valence-electron chi connectivity index (χ0n) is 21.0. The van der Waals surface area contributed by atoms with E-state index >= 15 is 0 Å². The second-order valence-corrected chi connectivity index (χ2v) is 9.99. The number of aryl methyl sites for hydroxylation is 1. The van der Waals surface area contributed by atoms with E-state index in [2.05, 4.69) is 4.99 Å². The molecule has 10 nitrogen and oxygen atoms in total. The second kappa shape index (κ2) is 12.1. The van der Waals surface area contributed by atoms with E-state index in [-0.39, 0.29) is 33.9 Å². The summed E-state index contributed by atoms with van der Waals surface area (Å²) in [5.74, 6) is -5.45. The molecule has 1 aromatic carbocycles. The Balaban J connectivity index is 0.00000462.